The highest BCUT2D eigenvalue weighted by molar-refractivity contribution is 5.86. The molecule has 3 heteroatoms. The maximum absolute atomic E-state index is 4.33. The molecular formula is C22H21N3. The number of H-pyrrole nitrogens is 1. The first-order valence-corrected chi connectivity index (χ1v) is 8.53. The van der Waals surface area contributed by atoms with Crippen molar-refractivity contribution in [1.82, 2.24) is 9.97 Å². The minimum Gasteiger partial charge on any atom is -0.374 e. The van der Waals surface area contributed by atoms with Crippen LogP contribution in [0.4, 0.5) is 5.69 Å². The van der Waals surface area contributed by atoms with Crippen LogP contribution < -0.4 is 5.32 Å². The van der Waals surface area contributed by atoms with Crippen LogP contribution in [0.3, 0.4) is 0 Å². The third-order valence-electron chi connectivity index (χ3n) is 4.61. The van der Waals surface area contributed by atoms with E-state index in [0.717, 1.165) is 16.8 Å². The number of hydrogen-bond acceptors (Lipinski definition) is 2. The normalized spacial score (nSPS) is 12.2. The van der Waals surface area contributed by atoms with Crippen molar-refractivity contribution in [3.8, 4) is 0 Å². The van der Waals surface area contributed by atoms with Crippen molar-refractivity contribution in [3.63, 3.8) is 0 Å². The van der Waals surface area contributed by atoms with Crippen molar-refractivity contribution in [2.24, 2.45) is 0 Å². The maximum Gasteiger partial charge on any atom is 0.0805 e. The fourth-order valence-corrected chi connectivity index (χ4v) is 3.36. The first kappa shape index (κ1) is 15.5. The van der Waals surface area contributed by atoms with Crippen LogP contribution in [0.2, 0.25) is 0 Å². The quantitative estimate of drug-likeness (QED) is 0.528. The molecule has 0 aliphatic carbocycles. The Kier molecular flexibility index (Phi) is 3.98. The van der Waals surface area contributed by atoms with Crippen molar-refractivity contribution in [3.05, 3.63) is 95.4 Å². The van der Waals surface area contributed by atoms with Crippen LogP contribution >= 0.6 is 0 Å². The van der Waals surface area contributed by atoms with Gasteiger partial charge in [0.25, 0.3) is 0 Å². The largest absolute Gasteiger partial charge is 0.374 e. The first-order chi connectivity index (χ1) is 12.2. The minimum absolute atomic E-state index is 0.0348. The Morgan fingerprint density at radius 1 is 0.920 bits per heavy atom. The summed E-state index contributed by atoms with van der Waals surface area (Å²) in [5.74, 6) is 0. The Labute approximate surface area is 147 Å². The highest BCUT2D eigenvalue weighted by atomic mass is 14.9. The number of nitrogens with one attached hydrogen (secondary N) is 2. The molecule has 4 rings (SSSR count). The van der Waals surface area contributed by atoms with Gasteiger partial charge >= 0.3 is 0 Å². The van der Waals surface area contributed by atoms with Crippen LogP contribution in [-0.2, 0) is 0 Å². The van der Waals surface area contributed by atoms with Gasteiger partial charge in [-0.15, -0.1) is 0 Å². The first-order valence-electron chi connectivity index (χ1n) is 8.53. The fraction of sp³-hybridized carbons (Fsp3) is 0.136. The molecule has 0 fully saturated rings. The number of aromatic amines is 1. The van der Waals surface area contributed by atoms with E-state index in [1.54, 1.807) is 0 Å². The number of fused-ring (bicyclic) bond motifs is 1. The Bertz CT molecular complexity index is 985. The van der Waals surface area contributed by atoms with E-state index in [0.29, 0.717) is 0 Å². The molecule has 2 N–H and O–H groups in total. The van der Waals surface area contributed by atoms with Gasteiger partial charge in [-0.05, 0) is 43.7 Å². The second-order valence-corrected chi connectivity index (χ2v) is 6.44. The van der Waals surface area contributed by atoms with Gasteiger partial charge in [0, 0.05) is 40.2 Å². The van der Waals surface area contributed by atoms with Crippen LogP contribution in [0.25, 0.3) is 10.9 Å². The van der Waals surface area contributed by atoms with E-state index in [-0.39, 0.29) is 6.04 Å². The number of nitrogens with zero attached hydrogens (tertiary/aromatic N) is 1. The summed E-state index contributed by atoms with van der Waals surface area (Å²) in [7, 11) is 0. The monoisotopic (exact) mass is 327 g/mol. The molecule has 2 aromatic carbocycles. The minimum atomic E-state index is 0.0348. The third kappa shape index (κ3) is 3.01. The zero-order valence-electron chi connectivity index (χ0n) is 14.5. The van der Waals surface area contributed by atoms with Gasteiger partial charge in [-0.25, -0.2) is 0 Å². The molecule has 2 aromatic heterocycles. The predicted octanol–water partition coefficient (Wildman–Crippen LogP) is 5.38. The molecule has 0 unspecified atom stereocenters. The maximum atomic E-state index is 4.33. The van der Waals surface area contributed by atoms with E-state index in [4.69, 9.17) is 0 Å². The summed E-state index contributed by atoms with van der Waals surface area (Å²) in [4.78, 5) is 7.84. The number of hydrogen-bond donors (Lipinski definition) is 2. The number of rotatable bonds is 4. The van der Waals surface area contributed by atoms with Crippen molar-refractivity contribution in [2.45, 2.75) is 19.9 Å². The summed E-state index contributed by atoms with van der Waals surface area (Å²) in [6.07, 6.45) is 3.75. The topological polar surface area (TPSA) is 40.7 Å². The Morgan fingerprint density at radius 3 is 2.48 bits per heavy atom. The fourth-order valence-electron chi connectivity index (χ4n) is 3.36. The molecule has 2 heterocycles. The zero-order valence-corrected chi connectivity index (χ0v) is 14.5. The molecular weight excluding hydrogens is 306 g/mol. The van der Waals surface area contributed by atoms with E-state index in [9.17, 15) is 0 Å². The lowest BCUT2D eigenvalue weighted by molar-refractivity contribution is 0.922. The van der Waals surface area contributed by atoms with Gasteiger partial charge in [-0.1, -0.05) is 42.0 Å². The van der Waals surface area contributed by atoms with Crippen molar-refractivity contribution in [1.29, 1.82) is 0 Å². The van der Waals surface area contributed by atoms with Gasteiger partial charge in [0.2, 0.25) is 0 Å². The number of aromatic nitrogens is 2. The third-order valence-corrected chi connectivity index (χ3v) is 4.61. The van der Waals surface area contributed by atoms with Gasteiger partial charge in [-0.2, -0.15) is 0 Å². The molecule has 25 heavy (non-hydrogen) atoms. The van der Waals surface area contributed by atoms with Crippen LogP contribution in [0, 0.1) is 13.8 Å². The smallest absolute Gasteiger partial charge is 0.0805 e. The Morgan fingerprint density at radius 2 is 1.72 bits per heavy atom. The van der Waals surface area contributed by atoms with E-state index in [1.807, 2.05) is 18.5 Å². The molecule has 4 aromatic rings. The van der Waals surface area contributed by atoms with Gasteiger partial charge in [0.1, 0.15) is 0 Å². The van der Waals surface area contributed by atoms with Gasteiger partial charge in [-0.3, -0.25) is 4.98 Å². The number of aryl methyl sites for hydroxylation is 2. The van der Waals surface area contributed by atoms with E-state index in [1.165, 1.54) is 22.2 Å². The number of benzene rings is 2. The van der Waals surface area contributed by atoms with Gasteiger partial charge < -0.3 is 10.3 Å². The lowest BCUT2D eigenvalue weighted by atomic mass is 9.96. The number of anilines is 1. The number of para-hydroxylation sites is 1. The molecule has 0 saturated carbocycles. The summed E-state index contributed by atoms with van der Waals surface area (Å²) in [5.41, 5.74) is 7.11. The molecule has 124 valence electrons. The van der Waals surface area contributed by atoms with E-state index in [2.05, 4.69) is 83.7 Å². The summed E-state index contributed by atoms with van der Waals surface area (Å²) >= 11 is 0. The molecule has 0 saturated heterocycles. The Hall–Kier alpha value is -3.07. The molecule has 0 spiro atoms. The standard InChI is InChI=1S/C22H21N3/c1-15-9-11-18(12-10-15)25-22(17-6-5-13-23-14-17)21-16(2)24-20-8-4-3-7-19(20)21/h3-14,22,24-25H,1-2H3/t22-/m0/s1. The SMILES string of the molecule is Cc1ccc(N[C@@H](c2cccnc2)c2c(C)[nH]c3ccccc23)cc1. The van der Waals surface area contributed by atoms with Gasteiger partial charge in [0.15, 0.2) is 0 Å². The molecule has 0 amide bonds. The van der Waals surface area contributed by atoms with Crippen LogP contribution in [0.15, 0.2) is 73.1 Å². The zero-order chi connectivity index (χ0) is 17.2. The molecule has 0 aliphatic heterocycles. The highest BCUT2D eigenvalue weighted by Gasteiger charge is 2.21. The average Bonchev–Trinajstić information content (AvgIpc) is 2.98. The van der Waals surface area contributed by atoms with Gasteiger partial charge in [0.05, 0.1) is 6.04 Å². The van der Waals surface area contributed by atoms with Crippen LogP contribution in [0.1, 0.15) is 28.4 Å². The number of pyridine rings is 1. The molecule has 1 atom stereocenters. The molecule has 0 aliphatic rings. The molecule has 0 bridgehead atoms. The predicted molar refractivity (Wildman–Crippen MR) is 104 cm³/mol. The Balaban J connectivity index is 1.85. The van der Waals surface area contributed by atoms with Crippen molar-refractivity contribution >= 4 is 16.6 Å². The second-order valence-electron chi connectivity index (χ2n) is 6.44. The van der Waals surface area contributed by atoms with E-state index < -0.39 is 0 Å². The summed E-state index contributed by atoms with van der Waals surface area (Å²) in [6.45, 7) is 4.24. The highest BCUT2D eigenvalue weighted by Crippen LogP contribution is 2.34. The van der Waals surface area contributed by atoms with Crippen molar-refractivity contribution in [2.75, 3.05) is 5.32 Å². The lowest BCUT2D eigenvalue weighted by Crippen LogP contribution is -2.13. The van der Waals surface area contributed by atoms with Crippen molar-refractivity contribution < 1.29 is 0 Å². The summed E-state index contributed by atoms with van der Waals surface area (Å²) in [5, 5.41) is 4.94. The summed E-state index contributed by atoms with van der Waals surface area (Å²) in [6, 6.07) is 21.1. The molecule has 0 radical (unpaired) electrons. The second kappa shape index (κ2) is 6.44. The lowest BCUT2D eigenvalue weighted by Gasteiger charge is -2.21. The average molecular weight is 327 g/mol. The van der Waals surface area contributed by atoms with E-state index >= 15 is 0 Å². The summed E-state index contributed by atoms with van der Waals surface area (Å²) < 4.78 is 0. The van der Waals surface area contributed by atoms with Crippen LogP contribution in [0.5, 0.6) is 0 Å². The molecule has 3 nitrogen and oxygen atoms in total. The van der Waals surface area contributed by atoms with Crippen LogP contribution in [-0.4, -0.2) is 9.97 Å².